The maximum absolute atomic E-state index is 5.42. The second-order valence-corrected chi connectivity index (χ2v) is 4.40. The highest BCUT2D eigenvalue weighted by Crippen LogP contribution is 2.11. The first-order valence-electron chi connectivity index (χ1n) is 5.81. The molecule has 0 saturated carbocycles. The van der Waals surface area contributed by atoms with Gasteiger partial charge in [0.2, 0.25) is 0 Å². The summed E-state index contributed by atoms with van der Waals surface area (Å²) in [5, 5.41) is 6.86. The number of nitrogens with one attached hydrogen (secondary N) is 2. The summed E-state index contributed by atoms with van der Waals surface area (Å²) in [6.45, 7) is 9.50. The molecule has 1 saturated heterocycles. The fraction of sp³-hybridized carbons (Fsp3) is 1.00. The lowest BCUT2D eigenvalue weighted by Crippen LogP contribution is -2.35. The zero-order valence-electron chi connectivity index (χ0n) is 9.51. The summed E-state index contributed by atoms with van der Waals surface area (Å²) in [6, 6.07) is 0.592. The molecule has 0 spiro atoms. The molecule has 0 aromatic rings. The van der Waals surface area contributed by atoms with Crippen molar-refractivity contribution in [3.63, 3.8) is 0 Å². The molecule has 2 N–H and O–H groups in total. The topological polar surface area (TPSA) is 33.3 Å². The van der Waals surface area contributed by atoms with E-state index >= 15 is 0 Å². The predicted octanol–water partition coefficient (Wildman–Crippen LogP) is 1.00. The monoisotopic (exact) mass is 200 g/mol. The Balaban J connectivity index is 1.87. The van der Waals surface area contributed by atoms with E-state index in [1.807, 2.05) is 0 Å². The molecule has 1 unspecified atom stereocenters. The van der Waals surface area contributed by atoms with Crippen LogP contribution >= 0.6 is 0 Å². The van der Waals surface area contributed by atoms with Crippen molar-refractivity contribution in [1.29, 1.82) is 0 Å². The van der Waals surface area contributed by atoms with E-state index in [-0.39, 0.29) is 0 Å². The summed E-state index contributed by atoms with van der Waals surface area (Å²) in [4.78, 5) is 0. The van der Waals surface area contributed by atoms with Crippen LogP contribution in [0.25, 0.3) is 0 Å². The van der Waals surface area contributed by atoms with Crippen molar-refractivity contribution in [3.05, 3.63) is 0 Å². The van der Waals surface area contributed by atoms with E-state index in [0.717, 1.165) is 38.8 Å². The summed E-state index contributed by atoms with van der Waals surface area (Å²) < 4.78 is 5.42. The van der Waals surface area contributed by atoms with Gasteiger partial charge in [0, 0.05) is 32.3 Å². The maximum Gasteiger partial charge on any atom is 0.0506 e. The molecule has 14 heavy (non-hydrogen) atoms. The summed E-state index contributed by atoms with van der Waals surface area (Å²) in [7, 11) is 0. The van der Waals surface area contributed by atoms with E-state index in [1.165, 1.54) is 12.8 Å². The first-order valence-corrected chi connectivity index (χ1v) is 5.81. The summed E-state index contributed by atoms with van der Waals surface area (Å²) in [5.74, 6) is 0.739. The molecular formula is C11H24N2O. The van der Waals surface area contributed by atoms with E-state index in [4.69, 9.17) is 4.74 Å². The third kappa shape index (κ3) is 5.58. The van der Waals surface area contributed by atoms with Crippen LogP contribution in [0.4, 0.5) is 0 Å². The van der Waals surface area contributed by atoms with E-state index in [0.29, 0.717) is 6.04 Å². The van der Waals surface area contributed by atoms with E-state index < -0.39 is 0 Å². The van der Waals surface area contributed by atoms with Crippen molar-refractivity contribution in [3.8, 4) is 0 Å². The van der Waals surface area contributed by atoms with Crippen LogP contribution < -0.4 is 10.6 Å². The van der Waals surface area contributed by atoms with Crippen LogP contribution in [0, 0.1) is 5.92 Å². The summed E-state index contributed by atoms with van der Waals surface area (Å²) in [5.41, 5.74) is 0. The van der Waals surface area contributed by atoms with Gasteiger partial charge in [-0.15, -0.1) is 0 Å². The molecule has 0 amide bonds. The highest BCUT2D eigenvalue weighted by Gasteiger charge is 2.12. The first-order chi connectivity index (χ1) is 6.79. The van der Waals surface area contributed by atoms with Gasteiger partial charge in [0.05, 0.1) is 6.61 Å². The first kappa shape index (κ1) is 12.0. The van der Waals surface area contributed by atoms with Crippen molar-refractivity contribution < 1.29 is 4.74 Å². The molecule has 1 heterocycles. The van der Waals surface area contributed by atoms with Gasteiger partial charge in [-0.3, -0.25) is 0 Å². The average molecular weight is 200 g/mol. The standard InChI is InChI=1S/C11H24N2O/c1-10(2)13-6-5-12-8-11-4-3-7-14-9-11/h10-13H,3-9H2,1-2H3. The van der Waals surface area contributed by atoms with Crippen LogP contribution in [-0.4, -0.2) is 38.9 Å². The molecule has 1 rings (SSSR count). The van der Waals surface area contributed by atoms with E-state index in [2.05, 4.69) is 24.5 Å². The van der Waals surface area contributed by atoms with Crippen molar-refractivity contribution >= 4 is 0 Å². The number of rotatable bonds is 6. The molecule has 1 atom stereocenters. The lowest BCUT2D eigenvalue weighted by Gasteiger charge is -2.22. The van der Waals surface area contributed by atoms with Crippen molar-refractivity contribution in [2.45, 2.75) is 32.7 Å². The van der Waals surface area contributed by atoms with Crippen LogP contribution in [0.2, 0.25) is 0 Å². The van der Waals surface area contributed by atoms with Gasteiger partial charge in [0.25, 0.3) is 0 Å². The van der Waals surface area contributed by atoms with Gasteiger partial charge < -0.3 is 15.4 Å². The van der Waals surface area contributed by atoms with Crippen molar-refractivity contribution in [2.75, 3.05) is 32.8 Å². The minimum Gasteiger partial charge on any atom is -0.381 e. The van der Waals surface area contributed by atoms with Crippen LogP contribution in [-0.2, 0) is 4.74 Å². The van der Waals surface area contributed by atoms with Crippen LogP contribution in [0.5, 0.6) is 0 Å². The zero-order valence-corrected chi connectivity index (χ0v) is 9.51. The van der Waals surface area contributed by atoms with Gasteiger partial charge in [-0.1, -0.05) is 13.8 Å². The Hall–Kier alpha value is -0.120. The predicted molar refractivity (Wildman–Crippen MR) is 59.6 cm³/mol. The molecule has 1 fully saturated rings. The van der Waals surface area contributed by atoms with Crippen LogP contribution in [0.15, 0.2) is 0 Å². The Bertz CT molecular complexity index is 133. The molecule has 0 aliphatic carbocycles. The summed E-state index contributed by atoms with van der Waals surface area (Å²) in [6.07, 6.45) is 2.56. The van der Waals surface area contributed by atoms with Crippen LogP contribution in [0.3, 0.4) is 0 Å². The fourth-order valence-corrected chi connectivity index (χ4v) is 1.72. The van der Waals surface area contributed by atoms with Gasteiger partial charge in [0.1, 0.15) is 0 Å². The SMILES string of the molecule is CC(C)NCCNCC1CCCOC1. The molecule has 3 heteroatoms. The Labute approximate surface area is 87.6 Å². The third-order valence-electron chi connectivity index (χ3n) is 2.54. The highest BCUT2D eigenvalue weighted by molar-refractivity contribution is 4.66. The molecule has 0 radical (unpaired) electrons. The second-order valence-electron chi connectivity index (χ2n) is 4.40. The number of ether oxygens (including phenoxy) is 1. The average Bonchev–Trinajstić information content (AvgIpc) is 2.18. The Morgan fingerprint density at radius 3 is 2.86 bits per heavy atom. The molecule has 1 aliphatic heterocycles. The Morgan fingerprint density at radius 1 is 1.36 bits per heavy atom. The molecule has 0 aromatic heterocycles. The zero-order chi connectivity index (χ0) is 10.2. The smallest absolute Gasteiger partial charge is 0.0506 e. The van der Waals surface area contributed by atoms with E-state index in [1.54, 1.807) is 0 Å². The molecule has 3 nitrogen and oxygen atoms in total. The highest BCUT2D eigenvalue weighted by atomic mass is 16.5. The van der Waals surface area contributed by atoms with Gasteiger partial charge in [-0.25, -0.2) is 0 Å². The largest absolute Gasteiger partial charge is 0.381 e. The molecular weight excluding hydrogens is 176 g/mol. The minimum absolute atomic E-state index is 0.592. The van der Waals surface area contributed by atoms with Crippen molar-refractivity contribution in [2.24, 2.45) is 5.92 Å². The maximum atomic E-state index is 5.42. The van der Waals surface area contributed by atoms with Gasteiger partial charge >= 0.3 is 0 Å². The minimum atomic E-state index is 0.592. The normalized spacial score (nSPS) is 22.9. The lowest BCUT2D eigenvalue weighted by atomic mass is 10.0. The molecule has 0 bridgehead atoms. The fourth-order valence-electron chi connectivity index (χ4n) is 1.72. The van der Waals surface area contributed by atoms with Gasteiger partial charge in [-0.05, 0) is 18.8 Å². The number of hydrogen-bond acceptors (Lipinski definition) is 3. The quantitative estimate of drug-likeness (QED) is 0.628. The lowest BCUT2D eigenvalue weighted by molar-refractivity contribution is 0.0549. The van der Waals surface area contributed by atoms with Crippen LogP contribution in [0.1, 0.15) is 26.7 Å². The molecule has 84 valence electrons. The van der Waals surface area contributed by atoms with Crippen molar-refractivity contribution in [1.82, 2.24) is 10.6 Å². The Kier molecular flexibility index (Phi) is 6.15. The van der Waals surface area contributed by atoms with Gasteiger partial charge in [-0.2, -0.15) is 0 Å². The van der Waals surface area contributed by atoms with E-state index in [9.17, 15) is 0 Å². The molecule has 1 aliphatic rings. The third-order valence-corrected chi connectivity index (χ3v) is 2.54. The number of hydrogen-bond donors (Lipinski definition) is 2. The molecule has 0 aromatic carbocycles. The Morgan fingerprint density at radius 2 is 2.21 bits per heavy atom. The van der Waals surface area contributed by atoms with Gasteiger partial charge in [0.15, 0.2) is 0 Å². The second kappa shape index (κ2) is 7.21. The summed E-state index contributed by atoms with van der Waals surface area (Å²) >= 11 is 0.